The molecule has 1 N–H and O–H groups in total. The Morgan fingerprint density at radius 2 is 1.70 bits per heavy atom. The molecule has 1 aromatic carbocycles. The molecule has 0 saturated carbocycles. The maximum Gasteiger partial charge on any atom is 0.261 e. The lowest BCUT2D eigenvalue weighted by molar-refractivity contribution is 0.0943. The van der Waals surface area contributed by atoms with E-state index in [4.69, 9.17) is 9.47 Å². The zero-order chi connectivity index (χ0) is 22.2. The van der Waals surface area contributed by atoms with E-state index in [9.17, 15) is 4.79 Å². The highest BCUT2D eigenvalue weighted by Crippen LogP contribution is 2.32. The van der Waals surface area contributed by atoms with Crippen molar-refractivity contribution in [3.8, 4) is 11.5 Å². The van der Waals surface area contributed by atoms with Crippen LogP contribution in [0.5, 0.6) is 11.5 Å². The maximum absolute atomic E-state index is 12.0. The molecule has 0 aliphatic carbocycles. The molecule has 2 aromatic rings. The Kier molecular flexibility index (Phi) is 8.78. The zero-order valence-corrected chi connectivity index (χ0v) is 20.2. The summed E-state index contributed by atoms with van der Waals surface area (Å²) in [5.41, 5.74) is 0.741. The summed E-state index contributed by atoms with van der Waals surface area (Å²) >= 11 is 1.47. The molecule has 0 aliphatic heterocycles. The van der Waals surface area contributed by atoms with E-state index in [1.807, 2.05) is 29.6 Å². The van der Waals surface area contributed by atoms with Gasteiger partial charge in [-0.1, -0.05) is 26.0 Å². The van der Waals surface area contributed by atoms with Gasteiger partial charge in [-0.25, -0.2) is 0 Å². The number of nitrogens with one attached hydrogen (secondary N) is 1. The molecule has 0 aliphatic rings. The third kappa shape index (κ3) is 7.67. The van der Waals surface area contributed by atoms with Gasteiger partial charge in [-0.2, -0.15) is 0 Å². The van der Waals surface area contributed by atoms with Gasteiger partial charge in [-0.15, -0.1) is 11.3 Å². The maximum atomic E-state index is 12.0. The quantitative estimate of drug-likeness (QED) is 0.383. The smallest absolute Gasteiger partial charge is 0.261 e. The first kappa shape index (κ1) is 24.3. The van der Waals surface area contributed by atoms with E-state index in [2.05, 4.69) is 52.9 Å². The van der Waals surface area contributed by atoms with Crippen LogP contribution in [0, 0.1) is 0 Å². The molecule has 0 radical (unpaired) electrons. The summed E-state index contributed by atoms with van der Waals surface area (Å²) in [6, 6.07) is 9.93. The Bertz CT molecular complexity index is 797. The molecular formula is C25H37NO3S. The van der Waals surface area contributed by atoms with Gasteiger partial charge >= 0.3 is 0 Å². The Balaban J connectivity index is 1.98. The molecule has 1 aromatic heterocycles. The predicted octanol–water partition coefficient (Wildman–Crippen LogP) is 6.64. The van der Waals surface area contributed by atoms with E-state index in [1.54, 1.807) is 0 Å². The number of hydrogen-bond acceptors (Lipinski definition) is 4. The second-order valence-electron chi connectivity index (χ2n) is 8.89. The highest BCUT2D eigenvalue weighted by Gasteiger charge is 2.21. The minimum absolute atomic E-state index is 0.0127. The van der Waals surface area contributed by atoms with E-state index < -0.39 is 0 Å². The first-order valence-corrected chi connectivity index (χ1v) is 11.9. The highest BCUT2D eigenvalue weighted by atomic mass is 32.1. The van der Waals surface area contributed by atoms with Crippen molar-refractivity contribution in [1.82, 2.24) is 5.32 Å². The summed E-state index contributed by atoms with van der Waals surface area (Å²) in [5.74, 6) is 1.75. The fourth-order valence-corrected chi connectivity index (χ4v) is 3.44. The van der Waals surface area contributed by atoms with Crippen molar-refractivity contribution in [3.05, 3.63) is 46.2 Å². The van der Waals surface area contributed by atoms with Crippen molar-refractivity contribution in [3.63, 3.8) is 0 Å². The van der Waals surface area contributed by atoms with Crippen molar-refractivity contribution < 1.29 is 14.3 Å². The number of ether oxygens (including phenoxy) is 2. The molecule has 0 bridgehead atoms. The first-order valence-electron chi connectivity index (χ1n) is 11.0. The minimum atomic E-state index is -0.234. The zero-order valence-electron chi connectivity index (χ0n) is 19.3. The summed E-state index contributed by atoms with van der Waals surface area (Å²) in [4.78, 5) is 12.8. The number of unbranched alkanes of at least 4 members (excludes halogenated alkanes) is 1. The van der Waals surface area contributed by atoms with Crippen LogP contribution in [0.4, 0.5) is 0 Å². The number of hydrogen-bond donors (Lipinski definition) is 1. The number of benzene rings is 1. The van der Waals surface area contributed by atoms with Gasteiger partial charge in [0.15, 0.2) is 0 Å². The van der Waals surface area contributed by atoms with Gasteiger partial charge in [0.05, 0.1) is 4.88 Å². The van der Waals surface area contributed by atoms with E-state index in [1.165, 1.54) is 16.9 Å². The third-order valence-electron chi connectivity index (χ3n) is 5.43. The van der Waals surface area contributed by atoms with Crippen molar-refractivity contribution in [2.75, 3.05) is 6.54 Å². The lowest BCUT2D eigenvalue weighted by Gasteiger charge is -2.29. The van der Waals surface area contributed by atoms with Crippen LogP contribution in [0.1, 0.15) is 82.5 Å². The molecular weight excluding hydrogens is 394 g/mol. The number of carbonyl (C=O) groups is 1. The SMILES string of the molecule is CCC(C)(C)Oc1ccc(CCCCNC(=O)c2cccs2)c(OC(C)(C)CC)c1. The van der Waals surface area contributed by atoms with E-state index in [0.29, 0.717) is 6.54 Å². The Hall–Kier alpha value is -2.01. The summed E-state index contributed by atoms with van der Waals surface area (Å²) in [6.07, 6.45) is 4.67. The van der Waals surface area contributed by atoms with Crippen LogP contribution in [0.3, 0.4) is 0 Å². The molecule has 1 heterocycles. The average Bonchev–Trinajstić information content (AvgIpc) is 3.23. The molecule has 30 heavy (non-hydrogen) atoms. The molecule has 0 unspecified atom stereocenters. The van der Waals surface area contributed by atoms with Gasteiger partial charge in [-0.3, -0.25) is 4.79 Å². The van der Waals surface area contributed by atoms with Crippen molar-refractivity contribution >= 4 is 17.2 Å². The molecule has 4 nitrogen and oxygen atoms in total. The number of carbonyl (C=O) groups excluding carboxylic acids is 1. The molecule has 1 amide bonds. The topological polar surface area (TPSA) is 47.6 Å². The number of aryl methyl sites for hydroxylation is 1. The van der Waals surface area contributed by atoms with Crippen molar-refractivity contribution in [2.24, 2.45) is 0 Å². The largest absolute Gasteiger partial charge is 0.488 e. The van der Waals surface area contributed by atoms with Crippen molar-refractivity contribution in [2.45, 2.75) is 84.8 Å². The normalized spacial score (nSPS) is 11.9. The average molecular weight is 432 g/mol. The van der Waals surface area contributed by atoms with Gasteiger partial charge in [0.2, 0.25) is 0 Å². The van der Waals surface area contributed by atoms with Gasteiger partial charge in [0.1, 0.15) is 22.7 Å². The molecule has 5 heteroatoms. The Labute approximate surface area is 186 Å². The summed E-state index contributed by atoms with van der Waals surface area (Å²) in [7, 11) is 0. The lowest BCUT2D eigenvalue weighted by Crippen LogP contribution is -2.28. The molecule has 0 spiro atoms. The van der Waals surface area contributed by atoms with Gasteiger partial charge in [-0.05, 0) is 82.9 Å². The molecule has 166 valence electrons. The predicted molar refractivity (Wildman–Crippen MR) is 126 cm³/mol. The minimum Gasteiger partial charge on any atom is -0.488 e. The van der Waals surface area contributed by atoms with Crippen LogP contribution < -0.4 is 14.8 Å². The van der Waals surface area contributed by atoms with Gasteiger partial charge in [0.25, 0.3) is 5.91 Å². The van der Waals surface area contributed by atoms with E-state index in [-0.39, 0.29) is 17.1 Å². The summed E-state index contributed by atoms with van der Waals surface area (Å²) < 4.78 is 12.5. The van der Waals surface area contributed by atoms with Crippen LogP contribution in [-0.4, -0.2) is 23.7 Å². The Morgan fingerprint density at radius 1 is 1.00 bits per heavy atom. The number of thiophene rings is 1. The van der Waals surface area contributed by atoms with Gasteiger partial charge in [0, 0.05) is 12.6 Å². The lowest BCUT2D eigenvalue weighted by atomic mass is 10.0. The fraction of sp³-hybridized carbons (Fsp3) is 0.560. The second kappa shape index (κ2) is 10.9. The number of rotatable bonds is 12. The summed E-state index contributed by atoms with van der Waals surface area (Å²) in [5, 5.41) is 4.91. The molecule has 0 saturated heterocycles. The fourth-order valence-electron chi connectivity index (χ4n) is 2.80. The molecule has 0 atom stereocenters. The van der Waals surface area contributed by atoms with Crippen LogP contribution in [-0.2, 0) is 6.42 Å². The first-order chi connectivity index (χ1) is 14.2. The van der Waals surface area contributed by atoms with Gasteiger partial charge < -0.3 is 14.8 Å². The molecule has 0 fully saturated rings. The van der Waals surface area contributed by atoms with Crippen LogP contribution in [0.15, 0.2) is 35.7 Å². The number of amides is 1. The second-order valence-corrected chi connectivity index (χ2v) is 9.84. The standard InChI is InChI=1S/C25H37NO3S/c1-7-24(3,4)28-20-15-14-19(21(18-20)29-25(5,6)8-2)12-9-10-16-26-23(27)22-13-11-17-30-22/h11,13-15,17-18H,7-10,12,16H2,1-6H3,(H,26,27). The monoisotopic (exact) mass is 431 g/mol. The Morgan fingerprint density at radius 3 is 2.33 bits per heavy atom. The molecule has 2 rings (SSSR count). The third-order valence-corrected chi connectivity index (χ3v) is 6.29. The van der Waals surface area contributed by atoms with E-state index in [0.717, 1.165) is 48.5 Å². The van der Waals surface area contributed by atoms with Crippen LogP contribution >= 0.6 is 11.3 Å². The van der Waals surface area contributed by atoms with Crippen LogP contribution in [0.25, 0.3) is 0 Å². The van der Waals surface area contributed by atoms with Crippen LogP contribution in [0.2, 0.25) is 0 Å². The highest BCUT2D eigenvalue weighted by molar-refractivity contribution is 7.12. The summed E-state index contributed by atoms with van der Waals surface area (Å²) in [6.45, 7) is 13.4. The van der Waals surface area contributed by atoms with E-state index >= 15 is 0 Å². The van der Waals surface area contributed by atoms with Crippen molar-refractivity contribution in [1.29, 1.82) is 0 Å².